The third-order valence-electron chi connectivity index (χ3n) is 10.9. The van der Waals surface area contributed by atoms with Crippen molar-refractivity contribution in [1.82, 2.24) is 9.55 Å². The number of phosphoric ester groups is 2. The van der Waals surface area contributed by atoms with Crippen molar-refractivity contribution in [2.24, 2.45) is 0 Å². The minimum Gasteiger partial charge on any atom is -0.462 e. The van der Waals surface area contributed by atoms with E-state index in [1.807, 2.05) is 0 Å². The van der Waals surface area contributed by atoms with Gasteiger partial charge < -0.3 is 39.9 Å². The highest BCUT2D eigenvalue weighted by Gasteiger charge is 2.46. The molecule has 0 saturated carbocycles. The summed E-state index contributed by atoms with van der Waals surface area (Å²) in [5.74, 6) is -1.30. The zero-order chi connectivity index (χ0) is 47.1. The molecule has 0 amide bonds. The molecule has 1 saturated heterocycles. The summed E-state index contributed by atoms with van der Waals surface area (Å²) >= 11 is 0. The van der Waals surface area contributed by atoms with Crippen molar-refractivity contribution in [3.05, 3.63) is 34.9 Å². The van der Waals surface area contributed by atoms with E-state index in [-0.39, 0.29) is 18.7 Å². The van der Waals surface area contributed by atoms with Crippen molar-refractivity contribution < 1.29 is 66.3 Å². The van der Waals surface area contributed by atoms with Gasteiger partial charge in [-0.3, -0.25) is 23.2 Å². The number of ether oxygens (including phenoxy) is 3. The third-order valence-corrected chi connectivity index (χ3v) is 13.5. The topological polar surface area (TPSA) is 265 Å². The van der Waals surface area contributed by atoms with E-state index in [4.69, 9.17) is 29.0 Å². The Morgan fingerprint density at radius 3 is 1.77 bits per heavy atom. The predicted molar refractivity (Wildman–Crippen MR) is 243 cm³/mol. The fraction of sp³-hybridized carbons (Fsp3) is 0.818. The van der Waals surface area contributed by atoms with Gasteiger partial charge in [0.1, 0.15) is 30.7 Å². The summed E-state index contributed by atoms with van der Waals surface area (Å²) in [6, 6.07) is 1.25. The van der Waals surface area contributed by atoms with Crippen LogP contribution in [0.4, 0.5) is 5.82 Å². The molecule has 2 unspecified atom stereocenters. The molecule has 2 heterocycles. The maximum atomic E-state index is 12.8. The lowest BCUT2D eigenvalue weighted by Gasteiger charge is -2.21. The van der Waals surface area contributed by atoms with Gasteiger partial charge >= 0.3 is 33.3 Å². The second-order valence-corrected chi connectivity index (χ2v) is 19.7. The number of aliphatic hydroxyl groups excluding tert-OH is 2. The normalized spacial score (nSPS) is 20.0. The first-order chi connectivity index (χ1) is 30.7. The number of carbonyl (C=O) groups is 2. The van der Waals surface area contributed by atoms with Crippen LogP contribution >= 0.6 is 15.6 Å². The highest BCUT2D eigenvalue weighted by Crippen LogP contribution is 2.60. The average Bonchev–Trinajstić information content (AvgIpc) is 3.52. The summed E-state index contributed by atoms with van der Waals surface area (Å²) in [5.41, 5.74) is 4.58. The van der Waals surface area contributed by atoms with Crippen LogP contribution in [0.15, 0.2) is 29.2 Å². The molecule has 0 aromatic carbocycles. The molecule has 1 fully saturated rings. The third kappa shape index (κ3) is 26.6. The number of aromatic nitrogens is 2. The second kappa shape index (κ2) is 33.9. The summed E-state index contributed by atoms with van der Waals surface area (Å²) < 4.78 is 56.6. The number of nitrogens with zero attached hydrogens (tertiary/aromatic N) is 2. The number of hydrogen-bond donors (Lipinski definition) is 5. The molecule has 370 valence electrons. The SMILES string of the molecule is CCCCCC/C=C\CCCCCCCC(=O)OC[C@H](COP(=O)(O)OP(=O)(O)OC[C@H]1O[C@@H](n2ccc(N)nc2=O)[C@H](O)[C@@H]1O)OC(=O)CCCCCCCCCCCCCCC. The lowest BCUT2D eigenvalue weighted by Crippen LogP contribution is -2.36. The Morgan fingerprint density at radius 1 is 0.734 bits per heavy atom. The molecule has 20 heteroatoms. The zero-order valence-corrected chi connectivity index (χ0v) is 40.1. The monoisotopic (exact) mass is 951 g/mol. The highest BCUT2D eigenvalue weighted by atomic mass is 31.3. The Bertz CT molecular complexity index is 1620. The molecule has 6 N–H and O–H groups in total. The molecular weight excluding hydrogens is 872 g/mol. The highest BCUT2D eigenvalue weighted by molar-refractivity contribution is 7.61. The number of aliphatic hydroxyl groups is 2. The van der Waals surface area contributed by atoms with E-state index in [0.717, 1.165) is 75.0 Å². The predicted octanol–water partition coefficient (Wildman–Crippen LogP) is 8.89. The first-order valence-corrected chi connectivity index (χ1v) is 26.7. The van der Waals surface area contributed by atoms with Gasteiger partial charge in [-0.2, -0.15) is 9.29 Å². The van der Waals surface area contributed by atoms with Crippen LogP contribution < -0.4 is 11.4 Å². The molecule has 0 radical (unpaired) electrons. The molecule has 18 nitrogen and oxygen atoms in total. The van der Waals surface area contributed by atoms with Crippen LogP contribution in [0.2, 0.25) is 0 Å². The molecule has 1 aromatic rings. The molecule has 0 bridgehead atoms. The Labute approximate surface area is 380 Å². The number of esters is 2. The van der Waals surface area contributed by atoms with Crippen molar-refractivity contribution in [1.29, 1.82) is 0 Å². The van der Waals surface area contributed by atoms with Gasteiger partial charge in [0.25, 0.3) is 0 Å². The standard InChI is InChI=1S/C44H79N3O15P2/c1-3-5-7-9-11-13-15-17-19-21-23-25-27-29-39(48)57-33-36(60-40(49)30-28-26-24-22-20-18-16-14-12-10-8-6-4-2)34-58-63(53,54)62-64(55,56)59-35-37-41(50)42(51)43(61-37)47-32-31-38(45)46-44(47)52/h13,15,31-32,36-37,41-43,50-51H,3-12,14,16-30,33-35H2,1-2H3,(H,53,54)(H,55,56)(H2,45,46,52)/b15-13-/t36-,37-,41-,42-,43-/m1/s1. The minimum absolute atomic E-state index is 0.0536. The van der Waals surface area contributed by atoms with E-state index in [2.05, 4.69) is 35.3 Å². The Kier molecular flexibility index (Phi) is 30.5. The van der Waals surface area contributed by atoms with E-state index in [1.165, 1.54) is 83.1 Å². The van der Waals surface area contributed by atoms with E-state index in [9.17, 15) is 43.5 Å². The number of anilines is 1. The molecule has 1 aliphatic heterocycles. The van der Waals surface area contributed by atoms with E-state index >= 15 is 0 Å². The Balaban J connectivity index is 1.83. The van der Waals surface area contributed by atoms with Gasteiger partial charge in [-0.1, -0.05) is 142 Å². The average molecular weight is 952 g/mol. The van der Waals surface area contributed by atoms with Crippen LogP contribution in [0.25, 0.3) is 0 Å². The van der Waals surface area contributed by atoms with Gasteiger partial charge in [0, 0.05) is 19.0 Å². The van der Waals surface area contributed by atoms with Crippen LogP contribution in [-0.2, 0) is 46.3 Å². The molecule has 0 aliphatic carbocycles. The molecular formula is C44H79N3O15P2. The van der Waals surface area contributed by atoms with Gasteiger partial charge in [0.15, 0.2) is 12.3 Å². The van der Waals surface area contributed by atoms with Crippen molar-refractivity contribution in [2.45, 2.75) is 211 Å². The number of hydrogen-bond acceptors (Lipinski definition) is 15. The molecule has 1 aliphatic rings. The quantitative estimate of drug-likeness (QED) is 0.0178. The summed E-state index contributed by atoms with van der Waals surface area (Å²) in [6.07, 6.45) is 24.4. The molecule has 2 rings (SSSR count). The van der Waals surface area contributed by atoms with Crippen molar-refractivity contribution >= 4 is 33.4 Å². The maximum Gasteiger partial charge on any atom is 0.481 e. The van der Waals surface area contributed by atoms with Crippen LogP contribution in [0.5, 0.6) is 0 Å². The van der Waals surface area contributed by atoms with Gasteiger partial charge in [0.05, 0.1) is 13.2 Å². The number of allylic oxidation sites excluding steroid dienone is 2. The van der Waals surface area contributed by atoms with Crippen LogP contribution in [-0.4, -0.2) is 85.7 Å². The van der Waals surface area contributed by atoms with Crippen molar-refractivity contribution in [2.75, 3.05) is 25.6 Å². The molecule has 0 spiro atoms. The number of carbonyl (C=O) groups excluding carboxylic acids is 2. The van der Waals surface area contributed by atoms with E-state index < -0.39 is 83.7 Å². The van der Waals surface area contributed by atoms with E-state index in [1.54, 1.807) is 0 Å². The van der Waals surface area contributed by atoms with Crippen LogP contribution in [0.3, 0.4) is 0 Å². The molecule has 7 atom stereocenters. The zero-order valence-electron chi connectivity index (χ0n) is 38.3. The lowest BCUT2D eigenvalue weighted by molar-refractivity contribution is -0.161. The van der Waals surface area contributed by atoms with Gasteiger partial charge in [-0.15, -0.1) is 0 Å². The largest absolute Gasteiger partial charge is 0.481 e. The fourth-order valence-corrected chi connectivity index (χ4v) is 9.24. The van der Waals surface area contributed by atoms with Crippen molar-refractivity contribution in [3.63, 3.8) is 0 Å². The smallest absolute Gasteiger partial charge is 0.462 e. The van der Waals surface area contributed by atoms with E-state index in [0.29, 0.717) is 12.8 Å². The maximum absolute atomic E-state index is 12.8. The number of nitrogen functional groups attached to an aromatic ring is 1. The first kappa shape index (κ1) is 57.6. The summed E-state index contributed by atoms with van der Waals surface area (Å²) in [4.78, 5) is 61.7. The number of rotatable bonds is 39. The Hall–Kier alpha value is -2.50. The summed E-state index contributed by atoms with van der Waals surface area (Å²) in [6.45, 7) is 2.13. The number of phosphoric acid groups is 2. The minimum atomic E-state index is -5.42. The van der Waals surface area contributed by atoms with Gasteiger partial charge in [-0.25, -0.2) is 13.9 Å². The lowest BCUT2D eigenvalue weighted by atomic mass is 10.0. The van der Waals surface area contributed by atoms with Gasteiger partial charge in [0.2, 0.25) is 0 Å². The number of unbranched alkanes of at least 4 members (excludes halogenated alkanes) is 21. The van der Waals surface area contributed by atoms with Crippen LogP contribution in [0, 0.1) is 0 Å². The van der Waals surface area contributed by atoms with Crippen molar-refractivity contribution in [3.8, 4) is 0 Å². The summed E-state index contributed by atoms with van der Waals surface area (Å²) in [7, 11) is -10.8. The first-order valence-electron chi connectivity index (χ1n) is 23.7. The Morgan fingerprint density at radius 2 is 1.22 bits per heavy atom. The molecule has 1 aromatic heterocycles. The van der Waals surface area contributed by atoms with Gasteiger partial charge in [-0.05, 0) is 44.6 Å². The number of nitrogens with two attached hydrogens (primary N) is 1. The molecule has 64 heavy (non-hydrogen) atoms. The summed E-state index contributed by atoms with van der Waals surface area (Å²) in [5, 5.41) is 20.9. The fourth-order valence-electron chi connectivity index (χ4n) is 7.13. The van der Waals surface area contributed by atoms with Crippen LogP contribution in [0.1, 0.15) is 187 Å². The second-order valence-electron chi connectivity index (χ2n) is 16.6.